The lowest BCUT2D eigenvalue weighted by Gasteiger charge is -2.33. The van der Waals surface area contributed by atoms with Crippen LogP contribution in [0.5, 0.6) is 5.75 Å². The van der Waals surface area contributed by atoms with E-state index in [-0.39, 0.29) is 5.91 Å². The average molecular weight is 343 g/mol. The molecule has 0 aliphatic carbocycles. The van der Waals surface area contributed by atoms with E-state index in [0.29, 0.717) is 16.2 Å². The van der Waals surface area contributed by atoms with E-state index >= 15 is 0 Å². The molecule has 1 aliphatic rings. The molecule has 126 valence electrons. The molecule has 0 radical (unpaired) electrons. The number of amides is 1. The second-order valence-corrected chi connectivity index (χ2v) is 6.23. The third-order valence-corrected chi connectivity index (χ3v) is 4.64. The van der Waals surface area contributed by atoms with E-state index < -0.39 is 0 Å². The molecular weight excluding hydrogens is 322 g/mol. The van der Waals surface area contributed by atoms with Crippen LogP contribution in [0, 0.1) is 4.64 Å². The molecule has 2 aromatic rings. The fourth-order valence-electron chi connectivity index (χ4n) is 2.97. The minimum Gasteiger partial charge on any atom is -0.495 e. The number of piperidine rings is 1. The van der Waals surface area contributed by atoms with Gasteiger partial charge in [-0.3, -0.25) is 4.79 Å². The largest absolute Gasteiger partial charge is 0.495 e. The van der Waals surface area contributed by atoms with Gasteiger partial charge in [0.15, 0.2) is 0 Å². The molecule has 0 bridgehead atoms. The van der Waals surface area contributed by atoms with E-state index in [9.17, 15) is 4.79 Å². The lowest BCUT2D eigenvalue weighted by Crippen LogP contribution is -2.42. The van der Waals surface area contributed by atoms with Crippen molar-refractivity contribution in [2.45, 2.75) is 18.9 Å². The van der Waals surface area contributed by atoms with Gasteiger partial charge in [0.25, 0.3) is 5.91 Å². The fraction of sp³-hybridized carbons (Fsp3) is 0.333. The minimum absolute atomic E-state index is 0.00703. The Morgan fingerprint density at radius 1 is 1.25 bits per heavy atom. The quantitative estimate of drug-likeness (QED) is 0.835. The van der Waals surface area contributed by atoms with Gasteiger partial charge in [-0.1, -0.05) is 24.4 Å². The van der Waals surface area contributed by atoms with Crippen molar-refractivity contribution in [1.82, 2.24) is 9.88 Å². The van der Waals surface area contributed by atoms with E-state index in [0.717, 1.165) is 37.4 Å². The highest BCUT2D eigenvalue weighted by Crippen LogP contribution is 2.26. The van der Waals surface area contributed by atoms with Gasteiger partial charge in [-0.25, -0.2) is 0 Å². The van der Waals surface area contributed by atoms with E-state index in [1.807, 2.05) is 29.2 Å². The number of pyridine rings is 1. The average Bonchev–Trinajstić information content (AvgIpc) is 2.63. The molecule has 0 atom stereocenters. The number of nitrogens with one attached hydrogen (secondary N) is 2. The molecule has 2 N–H and O–H groups in total. The van der Waals surface area contributed by atoms with Crippen molar-refractivity contribution < 1.29 is 9.53 Å². The zero-order chi connectivity index (χ0) is 16.9. The van der Waals surface area contributed by atoms with Crippen molar-refractivity contribution in [2.75, 3.05) is 25.5 Å². The number of rotatable bonds is 4. The van der Waals surface area contributed by atoms with Crippen molar-refractivity contribution in [3.63, 3.8) is 0 Å². The summed E-state index contributed by atoms with van der Waals surface area (Å²) in [6.45, 7) is 1.44. The number of nitrogens with zero attached hydrogens (tertiary/aromatic N) is 1. The number of H-pyrrole nitrogens is 1. The second kappa shape index (κ2) is 7.49. The van der Waals surface area contributed by atoms with Gasteiger partial charge >= 0.3 is 0 Å². The zero-order valence-electron chi connectivity index (χ0n) is 13.6. The first-order valence-corrected chi connectivity index (χ1v) is 8.46. The van der Waals surface area contributed by atoms with Crippen molar-refractivity contribution in [2.24, 2.45) is 0 Å². The molecule has 1 saturated heterocycles. The van der Waals surface area contributed by atoms with Gasteiger partial charge in [-0.2, -0.15) is 0 Å². The number of aromatic amines is 1. The van der Waals surface area contributed by atoms with Crippen molar-refractivity contribution >= 4 is 23.8 Å². The summed E-state index contributed by atoms with van der Waals surface area (Å²) >= 11 is 5.21. The highest BCUT2D eigenvalue weighted by molar-refractivity contribution is 7.71. The number of ether oxygens (including phenoxy) is 1. The summed E-state index contributed by atoms with van der Waals surface area (Å²) in [4.78, 5) is 17.4. The lowest BCUT2D eigenvalue weighted by atomic mass is 10.0. The van der Waals surface area contributed by atoms with E-state index in [4.69, 9.17) is 17.0 Å². The molecule has 6 heteroatoms. The smallest absolute Gasteiger partial charge is 0.256 e. The topological polar surface area (TPSA) is 57.4 Å². The number of likely N-dealkylation sites (tertiary alicyclic amines) is 1. The third-order valence-electron chi connectivity index (χ3n) is 4.30. The SMILES string of the molecule is COc1ccccc1NC1CCN(C(=O)c2ccc[nH]c2=S)CC1. The number of hydrogen-bond donors (Lipinski definition) is 2. The predicted molar refractivity (Wildman–Crippen MR) is 97.2 cm³/mol. The molecule has 0 spiro atoms. The van der Waals surface area contributed by atoms with Gasteiger partial charge in [-0.15, -0.1) is 0 Å². The van der Waals surface area contributed by atoms with Crippen LogP contribution in [0.3, 0.4) is 0 Å². The van der Waals surface area contributed by atoms with Crippen LogP contribution >= 0.6 is 12.2 Å². The molecule has 0 saturated carbocycles. The Labute approximate surface area is 146 Å². The number of anilines is 1. The number of aromatic nitrogens is 1. The fourth-order valence-corrected chi connectivity index (χ4v) is 3.19. The van der Waals surface area contributed by atoms with E-state index in [1.165, 1.54) is 0 Å². The Morgan fingerprint density at radius 2 is 2.00 bits per heavy atom. The number of benzene rings is 1. The lowest BCUT2D eigenvalue weighted by molar-refractivity contribution is 0.0717. The summed E-state index contributed by atoms with van der Waals surface area (Å²) in [5.74, 6) is 0.846. The van der Waals surface area contributed by atoms with Crippen LogP contribution in [0.1, 0.15) is 23.2 Å². The molecule has 0 unspecified atom stereocenters. The van der Waals surface area contributed by atoms with Crippen LogP contribution in [0.2, 0.25) is 0 Å². The highest BCUT2D eigenvalue weighted by Gasteiger charge is 2.24. The maximum absolute atomic E-state index is 12.6. The third kappa shape index (κ3) is 3.59. The van der Waals surface area contributed by atoms with Crippen LogP contribution in [0.4, 0.5) is 5.69 Å². The van der Waals surface area contributed by atoms with Crippen molar-refractivity contribution in [3.05, 3.63) is 52.8 Å². The zero-order valence-corrected chi connectivity index (χ0v) is 14.4. The number of para-hydroxylation sites is 2. The second-order valence-electron chi connectivity index (χ2n) is 5.82. The molecule has 1 aromatic carbocycles. The Balaban J connectivity index is 1.61. The summed E-state index contributed by atoms with van der Waals surface area (Å²) in [5.41, 5.74) is 1.57. The van der Waals surface area contributed by atoms with Gasteiger partial charge in [0.1, 0.15) is 10.4 Å². The Hall–Kier alpha value is -2.34. The Morgan fingerprint density at radius 3 is 2.71 bits per heavy atom. The number of methoxy groups -OCH3 is 1. The maximum atomic E-state index is 12.6. The summed E-state index contributed by atoms with van der Waals surface area (Å²) in [7, 11) is 1.67. The Bertz CT molecular complexity index is 767. The Kier molecular flexibility index (Phi) is 5.15. The van der Waals surface area contributed by atoms with E-state index in [1.54, 1.807) is 25.4 Å². The maximum Gasteiger partial charge on any atom is 0.256 e. The number of hydrogen-bond acceptors (Lipinski definition) is 4. The van der Waals surface area contributed by atoms with Gasteiger partial charge < -0.3 is 19.9 Å². The molecule has 1 aliphatic heterocycles. The molecular formula is C18H21N3O2S. The van der Waals surface area contributed by atoms with Gasteiger partial charge in [0, 0.05) is 25.3 Å². The number of carbonyl (C=O) groups is 1. The van der Waals surface area contributed by atoms with Crippen LogP contribution in [-0.2, 0) is 0 Å². The first-order chi connectivity index (χ1) is 11.7. The van der Waals surface area contributed by atoms with E-state index in [2.05, 4.69) is 10.3 Å². The molecule has 3 rings (SSSR count). The van der Waals surface area contributed by atoms with Gasteiger partial charge in [-0.05, 0) is 37.1 Å². The summed E-state index contributed by atoms with van der Waals surface area (Å²) in [5, 5.41) is 3.52. The van der Waals surface area contributed by atoms with Gasteiger partial charge in [0.05, 0.1) is 18.4 Å². The summed E-state index contributed by atoms with van der Waals surface area (Å²) < 4.78 is 5.87. The molecule has 5 nitrogen and oxygen atoms in total. The standard InChI is InChI=1S/C18H21N3O2S/c1-23-16-7-3-2-6-15(16)20-13-8-11-21(12-9-13)18(22)14-5-4-10-19-17(14)24/h2-7,10,13,20H,8-9,11-12H2,1H3,(H,19,24). The first kappa shape index (κ1) is 16.5. The normalized spacial score (nSPS) is 15.1. The monoisotopic (exact) mass is 343 g/mol. The van der Waals surface area contributed by atoms with Gasteiger partial charge in [0.2, 0.25) is 0 Å². The van der Waals surface area contributed by atoms with Crippen LogP contribution in [0.15, 0.2) is 42.6 Å². The molecule has 24 heavy (non-hydrogen) atoms. The first-order valence-electron chi connectivity index (χ1n) is 8.05. The minimum atomic E-state index is 0.00703. The van der Waals surface area contributed by atoms with Crippen molar-refractivity contribution in [3.8, 4) is 5.75 Å². The van der Waals surface area contributed by atoms with Crippen LogP contribution in [0.25, 0.3) is 0 Å². The predicted octanol–water partition coefficient (Wildman–Crippen LogP) is 3.47. The van der Waals surface area contributed by atoms with Crippen LogP contribution in [-0.4, -0.2) is 42.0 Å². The summed E-state index contributed by atoms with van der Waals surface area (Å²) in [6, 6.07) is 11.8. The molecule has 1 amide bonds. The van der Waals surface area contributed by atoms with Crippen molar-refractivity contribution in [1.29, 1.82) is 0 Å². The molecule has 2 heterocycles. The molecule has 1 aromatic heterocycles. The molecule has 1 fully saturated rings. The van der Waals surface area contributed by atoms with Crippen LogP contribution < -0.4 is 10.1 Å². The number of carbonyl (C=O) groups excluding carboxylic acids is 1. The highest BCUT2D eigenvalue weighted by atomic mass is 32.1. The summed E-state index contributed by atoms with van der Waals surface area (Å²) in [6.07, 6.45) is 3.53.